The van der Waals surface area contributed by atoms with E-state index in [1.165, 1.54) is 30.4 Å². The Labute approximate surface area is 129 Å². The van der Waals surface area contributed by atoms with Crippen molar-refractivity contribution in [3.8, 4) is 0 Å². The molecule has 3 heteroatoms. The largest absolute Gasteiger partial charge is 0.396 e. The second-order valence-electron chi connectivity index (χ2n) is 6.33. The number of aryl methyl sites for hydroxylation is 1. The van der Waals surface area contributed by atoms with Crippen LogP contribution in [0.2, 0.25) is 0 Å². The van der Waals surface area contributed by atoms with E-state index >= 15 is 0 Å². The average molecular weight is 290 g/mol. The molecule has 1 heterocycles. The highest BCUT2D eigenvalue weighted by molar-refractivity contribution is 5.25. The Morgan fingerprint density at radius 1 is 1.29 bits per heavy atom. The van der Waals surface area contributed by atoms with Gasteiger partial charge in [-0.25, -0.2) is 0 Å². The summed E-state index contributed by atoms with van der Waals surface area (Å²) in [4.78, 5) is 2.55. The number of aliphatic hydroxyl groups excluding tert-OH is 1. The summed E-state index contributed by atoms with van der Waals surface area (Å²) in [6.45, 7) is 5.64. The number of benzene rings is 1. The average Bonchev–Trinajstić information content (AvgIpc) is 2.51. The summed E-state index contributed by atoms with van der Waals surface area (Å²) in [7, 11) is 0. The predicted octanol–water partition coefficient (Wildman–Crippen LogP) is 3.01. The van der Waals surface area contributed by atoms with E-state index in [4.69, 9.17) is 5.73 Å². The van der Waals surface area contributed by atoms with Gasteiger partial charge in [0.25, 0.3) is 0 Å². The lowest BCUT2D eigenvalue weighted by molar-refractivity contribution is 0.0619. The zero-order valence-electron chi connectivity index (χ0n) is 13.5. The molecule has 1 aliphatic rings. The van der Waals surface area contributed by atoms with Crippen LogP contribution in [-0.2, 0) is 0 Å². The minimum atomic E-state index is 0.145. The molecule has 3 atom stereocenters. The van der Waals surface area contributed by atoms with Crippen molar-refractivity contribution in [1.82, 2.24) is 4.90 Å². The Kier molecular flexibility index (Phi) is 6.22. The van der Waals surface area contributed by atoms with Crippen molar-refractivity contribution in [3.05, 3.63) is 35.4 Å². The van der Waals surface area contributed by atoms with E-state index in [-0.39, 0.29) is 18.7 Å². The summed E-state index contributed by atoms with van der Waals surface area (Å²) in [5, 5.41) is 9.36. The quantitative estimate of drug-likeness (QED) is 0.846. The van der Waals surface area contributed by atoms with Crippen molar-refractivity contribution in [2.45, 2.75) is 64.1 Å². The lowest BCUT2D eigenvalue weighted by Crippen LogP contribution is -2.48. The first-order valence-corrected chi connectivity index (χ1v) is 8.36. The topological polar surface area (TPSA) is 49.5 Å². The van der Waals surface area contributed by atoms with Gasteiger partial charge in [-0.05, 0) is 44.7 Å². The molecular weight excluding hydrogens is 260 g/mol. The summed E-state index contributed by atoms with van der Waals surface area (Å²) >= 11 is 0. The van der Waals surface area contributed by atoms with E-state index in [0.29, 0.717) is 6.04 Å². The van der Waals surface area contributed by atoms with Crippen LogP contribution in [0.25, 0.3) is 0 Å². The van der Waals surface area contributed by atoms with Crippen LogP contribution in [0.3, 0.4) is 0 Å². The third-order valence-corrected chi connectivity index (χ3v) is 4.79. The predicted molar refractivity (Wildman–Crippen MR) is 88.2 cm³/mol. The van der Waals surface area contributed by atoms with Gasteiger partial charge in [-0.2, -0.15) is 0 Å². The number of nitrogens with two attached hydrogens (primary N) is 1. The second kappa shape index (κ2) is 7.92. The first kappa shape index (κ1) is 16.5. The zero-order valence-corrected chi connectivity index (χ0v) is 13.5. The molecule has 1 aliphatic heterocycles. The Morgan fingerprint density at radius 2 is 2.00 bits per heavy atom. The fourth-order valence-corrected chi connectivity index (χ4v) is 3.52. The van der Waals surface area contributed by atoms with E-state index in [2.05, 4.69) is 43.0 Å². The molecule has 1 aromatic rings. The highest BCUT2D eigenvalue weighted by atomic mass is 16.3. The van der Waals surface area contributed by atoms with Crippen molar-refractivity contribution in [2.24, 2.45) is 5.73 Å². The lowest BCUT2D eigenvalue weighted by atomic mass is 9.90. The van der Waals surface area contributed by atoms with Crippen molar-refractivity contribution in [3.63, 3.8) is 0 Å². The molecule has 1 fully saturated rings. The molecule has 118 valence electrons. The minimum Gasteiger partial charge on any atom is -0.396 e. The molecule has 3 N–H and O–H groups in total. The summed E-state index contributed by atoms with van der Waals surface area (Å²) in [5.41, 5.74) is 9.08. The Hall–Kier alpha value is -0.900. The third kappa shape index (κ3) is 4.06. The molecule has 1 saturated heterocycles. The van der Waals surface area contributed by atoms with Crippen LogP contribution in [0.4, 0.5) is 0 Å². The van der Waals surface area contributed by atoms with E-state index < -0.39 is 0 Å². The normalized spacial score (nSPS) is 23.0. The van der Waals surface area contributed by atoms with Crippen molar-refractivity contribution in [1.29, 1.82) is 0 Å². The Balaban J connectivity index is 2.27. The number of aliphatic hydroxyl groups is 1. The first-order chi connectivity index (χ1) is 10.2. The van der Waals surface area contributed by atoms with Gasteiger partial charge in [-0.3, -0.25) is 4.90 Å². The van der Waals surface area contributed by atoms with E-state index in [1.54, 1.807) is 0 Å². The van der Waals surface area contributed by atoms with Crippen molar-refractivity contribution < 1.29 is 5.11 Å². The molecule has 2 rings (SSSR count). The van der Waals surface area contributed by atoms with Crippen molar-refractivity contribution >= 4 is 0 Å². The van der Waals surface area contributed by atoms with Gasteiger partial charge >= 0.3 is 0 Å². The number of hydrogen-bond acceptors (Lipinski definition) is 3. The SMILES string of the molecule is CCC(N)C(c1ccc(C)cc1)N1CCCCC1CCO. The smallest absolute Gasteiger partial charge is 0.0502 e. The fraction of sp³-hybridized carbons (Fsp3) is 0.667. The molecule has 0 aromatic heterocycles. The monoisotopic (exact) mass is 290 g/mol. The number of rotatable bonds is 6. The van der Waals surface area contributed by atoms with Crippen LogP contribution in [0.5, 0.6) is 0 Å². The molecule has 3 nitrogen and oxygen atoms in total. The first-order valence-electron chi connectivity index (χ1n) is 8.36. The minimum absolute atomic E-state index is 0.145. The van der Waals surface area contributed by atoms with Crippen LogP contribution < -0.4 is 5.73 Å². The highest BCUT2D eigenvalue weighted by Crippen LogP contribution is 2.32. The second-order valence-corrected chi connectivity index (χ2v) is 6.33. The summed E-state index contributed by atoms with van der Waals surface area (Å²) in [5.74, 6) is 0. The fourth-order valence-electron chi connectivity index (χ4n) is 3.52. The van der Waals surface area contributed by atoms with Gasteiger partial charge in [0.15, 0.2) is 0 Å². The maximum Gasteiger partial charge on any atom is 0.0502 e. The molecule has 0 bridgehead atoms. The van der Waals surface area contributed by atoms with Crippen LogP contribution in [0.1, 0.15) is 56.2 Å². The number of piperidine rings is 1. The highest BCUT2D eigenvalue weighted by Gasteiger charge is 2.32. The molecule has 0 radical (unpaired) electrons. The molecule has 21 heavy (non-hydrogen) atoms. The Morgan fingerprint density at radius 3 is 2.62 bits per heavy atom. The molecule has 0 saturated carbocycles. The van der Waals surface area contributed by atoms with Crippen LogP contribution in [-0.4, -0.2) is 35.2 Å². The summed E-state index contributed by atoms with van der Waals surface area (Å²) in [6.07, 6.45) is 5.52. The number of likely N-dealkylation sites (tertiary alicyclic amines) is 1. The molecule has 3 unspecified atom stereocenters. The molecule has 1 aromatic carbocycles. The van der Waals surface area contributed by atoms with Gasteiger partial charge < -0.3 is 10.8 Å². The molecule has 0 spiro atoms. The van der Waals surface area contributed by atoms with Crippen LogP contribution >= 0.6 is 0 Å². The maximum absolute atomic E-state index is 9.36. The van der Waals surface area contributed by atoms with Crippen molar-refractivity contribution in [2.75, 3.05) is 13.2 Å². The molecule has 0 amide bonds. The van der Waals surface area contributed by atoms with Gasteiger partial charge in [0, 0.05) is 18.7 Å². The van der Waals surface area contributed by atoms with Gasteiger partial charge in [-0.15, -0.1) is 0 Å². The summed E-state index contributed by atoms with van der Waals surface area (Å²) < 4.78 is 0. The molecular formula is C18H30N2O. The van der Waals surface area contributed by atoms with E-state index in [1.807, 2.05) is 0 Å². The maximum atomic E-state index is 9.36. The number of hydrogen-bond donors (Lipinski definition) is 2. The standard InChI is InChI=1S/C18H30N2O/c1-3-17(19)18(15-9-7-14(2)8-10-15)20-12-5-4-6-16(20)11-13-21/h7-10,16-18,21H,3-6,11-13,19H2,1-2H3. The van der Waals surface area contributed by atoms with Gasteiger partial charge in [0.2, 0.25) is 0 Å². The van der Waals surface area contributed by atoms with Gasteiger partial charge in [0.05, 0.1) is 6.04 Å². The number of nitrogens with zero attached hydrogens (tertiary/aromatic N) is 1. The van der Waals surface area contributed by atoms with E-state index in [9.17, 15) is 5.11 Å². The van der Waals surface area contributed by atoms with Gasteiger partial charge in [-0.1, -0.05) is 43.2 Å². The zero-order chi connectivity index (χ0) is 15.2. The lowest BCUT2D eigenvalue weighted by Gasteiger charge is -2.43. The van der Waals surface area contributed by atoms with Crippen LogP contribution in [0, 0.1) is 6.92 Å². The third-order valence-electron chi connectivity index (χ3n) is 4.79. The van der Waals surface area contributed by atoms with Crippen LogP contribution in [0.15, 0.2) is 24.3 Å². The van der Waals surface area contributed by atoms with E-state index in [0.717, 1.165) is 19.4 Å². The molecule has 0 aliphatic carbocycles. The van der Waals surface area contributed by atoms with Gasteiger partial charge in [0.1, 0.15) is 0 Å². The Bertz CT molecular complexity index is 416. The summed E-state index contributed by atoms with van der Waals surface area (Å²) in [6, 6.07) is 9.68.